The number of nitrogens with zero attached hydrogens (tertiary/aromatic N) is 1. The fourth-order valence-electron chi connectivity index (χ4n) is 1.79. The normalized spacial score (nSPS) is 12.6. The van der Waals surface area contributed by atoms with E-state index in [-0.39, 0.29) is 5.69 Å². The Morgan fingerprint density at radius 3 is 2.00 bits per heavy atom. The lowest BCUT2D eigenvalue weighted by molar-refractivity contribution is -0.384. The van der Waals surface area contributed by atoms with Crippen LogP contribution in [0, 0.1) is 10.1 Å². The average Bonchev–Trinajstić information content (AvgIpc) is 2.82. The van der Waals surface area contributed by atoms with Crippen molar-refractivity contribution in [3.8, 4) is 11.5 Å². The SMILES string of the molecule is O=[N+]([O-])c1ccc(B2Oc3ccccc3O2)cc1. The Morgan fingerprint density at radius 1 is 0.944 bits per heavy atom. The Kier molecular flexibility index (Phi) is 2.41. The molecule has 6 heteroatoms. The number of fused-ring (bicyclic) bond motifs is 1. The Labute approximate surface area is 103 Å². The molecule has 0 amide bonds. The van der Waals surface area contributed by atoms with Gasteiger partial charge in [-0.3, -0.25) is 10.1 Å². The van der Waals surface area contributed by atoms with Crippen LogP contribution in [0.15, 0.2) is 48.5 Å². The van der Waals surface area contributed by atoms with E-state index in [0.717, 1.165) is 5.46 Å². The highest BCUT2D eigenvalue weighted by molar-refractivity contribution is 6.63. The van der Waals surface area contributed by atoms with Crippen LogP contribution < -0.4 is 14.8 Å². The minimum atomic E-state index is -0.539. The first-order valence-corrected chi connectivity index (χ1v) is 5.41. The van der Waals surface area contributed by atoms with E-state index in [9.17, 15) is 10.1 Å². The molecule has 0 N–H and O–H groups in total. The zero-order valence-corrected chi connectivity index (χ0v) is 9.28. The van der Waals surface area contributed by atoms with Crippen molar-refractivity contribution in [3.05, 3.63) is 58.6 Å². The van der Waals surface area contributed by atoms with Crippen LogP contribution in [0.1, 0.15) is 0 Å². The van der Waals surface area contributed by atoms with Gasteiger partial charge in [0.15, 0.2) is 0 Å². The van der Waals surface area contributed by atoms with Gasteiger partial charge in [0.2, 0.25) is 0 Å². The van der Waals surface area contributed by atoms with E-state index < -0.39 is 12.0 Å². The summed E-state index contributed by atoms with van der Waals surface area (Å²) in [5.41, 5.74) is 0.797. The van der Waals surface area contributed by atoms with Gasteiger partial charge in [0.25, 0.3) is 5.69 Å². The lowest BCUT2D eigenvalue weighted by Gasteiger charge is -2.03. The van der Waals surface area contributed by atoms with E-state index in [1.54, 1.807) is 12.1 Å². The van der Waals surface area contributed by atoms with E-state index in [0.29, 0.717) is 11.5 Å². The molecule has 5 nitrogen and oxygen atoms in total. The Balaban J connectivity index is 1.84. The second kappa shape index (κ2) is 4.07. The predicted molar refractivity (Wildman–Crippen MR) is 66.2 cm³/mol. The number of non-ortho nitro benzene ring substituents is 1. The highest BCUT2D eigenvalue weighted by atomic mass is 16.6. The lowest BCUT2D eigenvalue weighted by atomic mass is 9.79. The molecule has 2 aromatic rings. The molecule has 1 heterocycles. The largest absolute Gasteiger partial charge is 0.632 e. The Hall–Kier alpha value is -2.50. The summed E-state index contributed by atoms with van der Waals surface area (Å²) < 4.78 is 11.2. The van der Waals surface area contributed by atoms with Crippen LogP contribution in [0.25, 0.3) is 0 Å². The summed E-state index contributed by atoms with van der Waals surface area (Å²) >= 11 is 0. The quantitative estimate of drug-likeness (QED) is 0.456. The maximum atomic E-state index is 10.6. The Bertz CT molecular complexity index is 574. The topological polar surface area (TPSA) is 61.6 Å². The van der Waals surface area contributed by atoms with Gasteiger partial charge in [0.1, 0.15) is 11.5 Å². The molecule has 0 bridgehead atoms. The third kappa shape index (κ3) is 1.77. The van der Waals surface area contributed by atoms with Crippen molar-refractivity contribution >= 4 is 18.3 Å². The van der Waals surface area contributed by atoms with E-state index in [1.165, 1.54) is 12.1 Å². The standard InChI is InChI=1S/C12H8BNO4/c15-14(16)10-7-5-9(6-8-10)13-17-11-3-1-2-4-12(11)18-13/h1-8H. The van der Waals surface area contributed by atoms with E-state index in [4.69, 9.17) is 9.31 Å². The maximum Gasteiger partial charge on any atom is 0.632 e. The molecule has 0 atom stereocenters. The number of para-hydroxylation sites is 2. The molecule has 0 aliphatic carbocycles. The molecule has 0 spiro atoms. The van der Waals surface area contributed by atoms with Crippen LogP contribution in [0.3, 0.4) is 0 Å². The summed E-state index contributed by atoms with van der Waals surface area (Å²) in [5, 5.41) is 10.6. The first kappa shape index (κ1) is 10.6. The highest BCUT2D eigenvalue weighted by Gasteiger charge is 2.33. The Morgan fingerprint density at radius 2 is 1.50 bits per heavy atom. The molecule has 0 saturated carbocycles. The number of benzene rings is 2. The van der Waals surface area contributed by atoms with Crippen LogP contribution in [-0.4, -0.2) is 12.0 Å². The van der Waals surface area contributed by atoms with Crippen LogP contribution in [-0.2, 0) is 0 Å². The fourth-order valence-corrected chi connectivity index (χ4v) is 1.79. The molecular formula is C12H8BNO4. The van der Waals surface area contributed by atoms with Crippen molar-refractivity contribution < 1.29 is 14.2 Å². The molecule has 18 heavy (non-hydrogen) atoms. The summed E-state index contributed by atoms with van der Waals surface area (Å²) in [6.45, 7) is 0. The first-order valence-electron chi connectivity index (χ1n) is 5.41. The van der Waals surface area contributed by atoms with E-state index >= 15 is 0 Å². The van der Waals surface area contributed by atoms with E-state index in [1.807, 2.05) is 24.3 Å². The van der Waals surface area contributed by atoms with Gasteiger partial charge in [-0.1, -0.05) is 24.3 Å². The van der Waals surface area contributed by atoms with Gasteiger partial charge >= 0.3 is 7.12 Å². The number of nitro benzene ring substituents is 1. The van der Waals surface area contributed by atoms with Gasteiger partial charge in [-0.2, -0.15) is 0 Å². The molecular weight excluding hydrogens is 233 g/mol. The number of rotatable bonds is 2. The molecule has 0 radical (unpaired) electrons. The molecule has 0 fully saturated rings. The smallest absolute Gasteiger partial charge is 0.519 e. The fraction of sp³-hybridized carbons (Fsp3) is 0. The number of nitro groups is 1. The van der Waals surface area contributed by atoms with E-state index in [2.05, 4.69) is 0 Å². The summed E-state index contributed by atoms with van der Waals surface area (Å²) in [6, 6.07) is 13.5. The molecule has 3 rings (SSSR count). The molecule has 0 aromatic heterocycles. The maximum absolute atomic E-state index is 10.6. The van der Waals surface area contributed by atoms with Crippen molar-refractivity contribution in [1.82, 2.24) is 0 Å². The summed E-state index contributed by atoms with van der Waals surface area (Å²) in [7, 11) is -0.539. The average molecular weight is 241 g/mol. The van der Waals surface area contributed by atoms with Crippen molar-refractivity contribution in [3.63, 3.8) is 0 Å². The van der Waals surface area contributed by atoms with Crippen molar-refractivity contribution in [1.29, 1.82) is 0 Å². The monoisotopic (exact) mass is 241 g/mol. The molecule has 88 valence electrons. The molecule has 2 aromatic carbocycles. The van der Waals surface area contributed by atoms with Crippen molar-refractivity contribution in [2.45, 2.75) is 0 Å². The lowest BCUT2D eigenvalue weighted by Crippen LogP contribution is -2.38. The number of hydrogen-bond donors (Lipinski definition) is 0. The molecule has 0 saturated heterocycles. The third-order valence-electron chi connectivity index (χ3n) is 2.69. The van der Waals surface area contributed by atoms with Crippen LogP contribution in [0.5, 0.6) is 11.5 Å². The van der Waals surface area contributed by atoms with Gasteiger partial charge in [-0.05, 0) is 12.1 Å². The third-order valence-corrected chi connectivity index (χ3v) is 2.69. The second-order valence-electron chi connectivity index (χ2n) is 3.86. The summed E-state index contributed by atoms with van der Waals surface area (Å²) in [5.74, 6) is 1.36. The van der Waals surface area contributed by atoms with Gasteiger partial charge in [-0.15, -0.1) is 0 Å². The second-order valence-corrected chi connectivity index (χ2v) is 3.86. The minimum absolute atomic E-state index is 0.0502. The number of hydrogen-bond acceptors (Lipinski definition) is 4. The highest BCUT2D eigenvalue weighted by Crippen LogP contribution is 2.32. The van der Waals surface area contributed by atoms with Gasteiger partial charge in [0.05, 0.1) is 4.92 Å². The van der Waals surface area contributed by atoms with Crippen LogP contribution >= 0.6 is 0 Å². The van der Waals surface area contributed by atoms with Gasteiger partial charge in [-0.25, -0.2) is 0 Å². The molecule has 0 unspecified atom stereocenters. The molecule has 1 aliphatic heterocycles. The van der Waals surface area contributed by atoms with Crippen LogP contribution in [0.4, 0.5) is 5.69 Å². The zero-order valence-electron chi connectivity index (χ0n) is 9.28. The molecule has 1 aliphatic rings. The predicted octanol–water partition coefficient (Wildman–Crippen LogP) is 1.76. The first-order chi connectivity index (χ1) is 8.74. The van der Waals surface area contributed by atoms with Gasteiger partial charge in [0, 0.05) is 17.6 Å². The minimum Gasteiger partial charge on any atom is -0.519 e. The summed E-state index contributed by atoms with van der Waals surface area (Å²) in [6.07, 6.45) is 0. The van der Waals surface area contributed by atoms with Gasteiger partial charge < -0.3 is 9.31 Å². The van der Waals surface area contributed by atoms with Crippen LogP contribution in [0.2, 0.25) is 0 Å². The van der Waals surface area contributed by atoms with Crippen molar-refractivity contribution in [2.24, 2.45) is 0 Å². The summed E-state index contributed by atoms with van der Waals surface area (Å²) in [4.78, 5) is 10.1. The van der Waals surface area contributed by atoms with Crippen molar-refractivity contribution in [2.75, 3.05) is 0 Å². The zero-order chi connectivity index (χ0) is 12.5.